The van der Waals surface area contributed by atoms with Gasteiger partial charge in [0.15, 0.2) is 0 Å². The van der Waals surface area contributed by atoms with Crippen LogP contribution in [-0.4, -0.2) is 19.0 Å². The highest BCUT2D eigenvalue weighted by Crippen LogP contribution is 2.33. The lowest BCUT2D eigenvalue weighted by molar-refractivity contribution is 0.0257. The van der Waals surface area contributed by atoms with Crippen molar-refractivity contribution in [1.82, 2.24) is 0 Å². The topological polar surface area (TPSA) is 29.3 Å². The Morgan fingerprint density at radius 2 is 2.07 bits per heavy atom. The van der Waals surface area contributed by atoms with Gasteiger partial charge in [0.05, 0.1) is 17.9 Å². The zero-order chi connectivity index (χ0) is 11.1. The third-order valence-corrected chi connectivity index (χ3v) is 2.50. The molecule has 0 spiro atoms. The summed E-state index contributed by atoms with van der Waals surface area (Å²) < 4.78 is 38.6. The first-order chi connectivity index (χ1) is 6.98. The Balaban J connectivity index is 2.24. The van der Waals surface area contributed by atoms with Gasteiger partial charge in [-0.15, -0.1) is 0 Å². The zero-order valence-corrected chi connectivity index (χ0v) is 8.01. The molecule has 0 bridgehead atoms. The summed E-state index contributed by atoms with van der Waals surface area (Å²) in [7, 11) is 0. The molecule has 2 rings (SSSR count). The van der Waals surface area contributed by atoms with Gasteiger partial charge in [-0.25, -0.2) is 13.2 Å². The lowest BCUT2D eigenvalue weighted by Crippen LogP contribution is -2.25. The van der Waals surface area contributed by atoms with E-state index in [0.29, 0.717) is 5.69 Å². The van der Waals surface area contributed by atoms with Crippen LogP contribution >= 0.6 is 0 Å². The van der Waals surface area contributed by atoms with Crippen LogP contribution in [0.4, 0.5) is 24.5 Å². The van der Waals surface area contributed by atoms with Crippen molar-refractivity contribution >= 4 is 11.4 Å². The average Bonchev–Trinajstić information content (AvgIpc) is 2.46. The first-order valence-corrected chi connectivity index (χ1v) is 4.66. The monoisotopic (exact) mass is 216 g/mol. The summed E-state index contributed by atoms with van der Waals surface area (Å²) in [5.41, 5.74) is 6.24. The lowest BCUT2D eigenvalue weighted by Gasteiger charge is -2.19. The minimum atomic E-state index is -2.67. The molecular weight excluding hydrogens is 205 g/mol. The van der Waals surface area contributed by atoms with E-state index in [1.165, 1.54) is 17.0 Å². The van der Waals surface area contributed by atoms with Crippen molar-refractivity contribution < 1.29 is 13.2 Å². The van der Waals surface area contributed by atoms with E-state index >= 15 is 0 Å². The summed E-state index contributed by atoms with van der Waals surface area (Å²) in [6.07, 6.45) is -0.177. The Hall–Kier alpha value is -1.39. The summed E-state index contributed by atoms with van der Waals surface area (Å²) in [6.45, 7) is -0.0916. The molecule has 1 aliphatic heterocycles. The van der Waals surface area contributed by atoms with Gasteiger partial charge >= 0.3 is 0 Å². The zero-order valence-electron chi connectivity index (χ0n) is 8.01. The Labute approximate surface area is 85.5 Å². The van der Waals surface area contributed by atoms with E-state index in [9.17, 15) is 13.2 Å². The quantitative estimate of drug-likeness (QED) is 0.729. The minimum absolute atomic E-state index is 0.177. The molecule has 2 nitrogen and oxygen atoms in total. The SMILES string of the molecule is Nc1cc(F)ccc1N1CCC(F)(F)C1. The minimum Gasteiger partial charge on any atom is -0.397 e. The molecule has 2 N–H and O–H groups in total. The highest BCUT2D eigenvalue weighted by molar-refractivity contribution is 5.68. The molecule has 0 radical (unpaired) electrons. The second kappa shape index (κ2) is 3.32. The maximum absolute atomic E-state index is 12.9. The van der Waals surface area contributed by atoms with Crippen molar-refractivity contribution in [3.8, 4) is 0 Å². The standard InChI is InChI=1S/C10H11F3N2/c11-7-1-2-9(8(14)5-7)15-4-3-10(12,13)6-15/h1-2,5H,3-4,6,14H2. The number of hydrogen-bond donors (Lipinski definition) is 1. The molecule has 82 valence electrons. The van der Waals surface area contributed by atoms with Crippen LogP contribution in [-0.2, 0) is 0 Å². The lowest BCUT2D eigenvalue weighted by atomic mass is 10.2. The molecule has 1 saturated heterocycles. The Morgan fingerprint density at radius 1 is 1.33 bits per heavy atom. The number of rotatable bonds is 1. The Kier molecular flexibility index (Phi) is 2.25. The highest BCUT2D eigenvalue weighted by atomic mass is 19.3. The number of nitrogens with zero attached hydrogens (tertiary/aromatic N) is 1. The van der Waals surface area contributed by atoms with Gasteiger partial charge in [0.2, 0.25) is 0 Å². The van der Waals surface area contributed by atoms with E-state index < -0.39 is 11.7 Å². The van der Waals surface area contributed by atoms with Crippen LogP contribution < -0.4 is 10.6 Å². The first kappa shape index (κ1) is 10.1. The first-order valence-electron chi connectivity index (χ1n) is 4.66. The Morgan fingerprint density at radius 3 is 2.60 bits per heavy atom. The number of nitrogen functional groups attached to an aromatic ring is 1. The van der Waals surface area contributed by atoms with Gasteiger partial charge < -0.3 is 10.6 Å². The van der Waals surface area contributed by atoms with Gasteiger partial charge in [0, 0.05) is 13.0 Å². The van der Waals surface area contributed by atoms with Crippen LogP contribution in [0.2, 0.25) is 0 Å². The van der Waals surface area contributed by atoms with E-state index in [4.69, 9.17) is 5.73 Å². The number of alkyl halides is 2. The second-order valence-electron chi connectivity index (χ2n) is 3.73. The molecule has 0 aromatic heterocycles. The van der Waals surface area contributed by atoms with E-state index in [1.54, 1.807) is 0 Å². The molecule has 1 aliphatic rings. The number of halogens is 3. The van der Waals surface area contributed by atoms with Crippen molar-refractivity contribution in [3.63, 3.8) is 0 Å². The smallest absolute Gasteiger partial charge is 0.266 e. The molecule has 5 heteroatoms. The molecule has 1 aromatic carbocycles. The van der Waals surface area contributed by atoms with E-state index in [0.717, 1.165) is 6.07 Å². The fourth-order valence-corrected chi connectivity index (χ4v) is 1.75. The molecule has 15 heavy (non-hydrogen) atoms. The van der Waals surface area contributed by atoms with E-state index in [-0.39, 0.29) is 25.2 Å². The van der Waals surface area contributed by atoms with Crippen molar-refractivity contribution in [3.05, 3.63) is 24.0 Å². The van der Waals surface area contributed by atoms with Gasteiger partial charge in [-0.3, -0.25) is 0 Å². The number of nitrogens with two attached hydrogens (primary N) is 1. The van der Waals surface area contributed by atoms with Crippen molar-refractivity contribution in [2.45, 2.75) is 12.3 Å². The van der Waals surface area contributed by atoms with Crippen molar-refractivity contribution in [2.75, 3.05) is 23.7 Å². The fourth-order valence-electron chi connectivity index (χ4n) is 1.75. The van der Waals surface area contributed by atoms with Gasteiger partial charge in [-0.05, 0) is 18.2 Å². The molecule has 0 atom stereocenters. The number of benzene rings is 1. The van der Waals surface area contributed by atoms with Gasteiger partial charge in [0.25, 0.3) is 5.92 Å². The van der Waals surface area contributed by atoms with Crippen molar-refractivity contribution in [1.29, 1.82) is 0 Å². The van der Waals surface area contributed by atoms with Crippen LogP contribution in [0.25, 0.3) is 0 Å². The summed E-state index contributed by atoms with van der Waals surface area (Å²) >= 11 is 0. The second-order valence-corrected chi connectivity index (χ2v) is 3.73. The largest absolute Gasteiger partial charge is 0.397 e. The number of hydrogen-bond acceptors (Lipinski definition) is 2. The fraction of sp³-hybridized carbons (Fsp3) is 0.400. The van der Waals surface area contributed by atoms with Crippen molar-refractivity contribution in [2.24, 2.45) is 0 Å². The maximum Gasteiger partial charge on any atom is 0.266 e. The van der Waals surface area contributed by atoms with Crippen LogP contribution in [0, 0.1) is 5.82 Å². The molecule has 0 unspecified atom stereocenters. The molecular formula is C10H11F3N2. The normalized spacial score (nSPS) is 19.5. The van der Waals surface area contributed by atoms with Crippen LogP contribution in [0.3, 0.4) is 0 Å². The van der Waals surface area contributed by atoms with E-state index in [2.05, 4.69) is 0 Å². The summed E-state index contributed by atoms with van der Waals surface area (Å²) in [5, 5.41) is 0. The third-order valence-electron chi connectivity index (χ3n) is 2.50. The van der Waals surface area contributed by atoms with Crippen LogP contribution in [0.5, 0.6) is 0 Å². The average molecular weight is 216 g/mol. The molecule has 0 aliphatic carbocycles. The summed E-state index contributed by atoms with van der Waals surface area (Å²) in [5.74, 6) is -3.12. The molecule has 0 amide bonds. The van der Waals surface area contributed by atoms with Gasteiger partial charge in [-0.2, -0.15) is 0 Å². The summed E-state index contributed by atoms with van der Waals surface area (Å²) in [4.78, 5) is 1.48. The van der Waals surface area contributed by atoms with Gasteiger partial charge in [-0.1, -0.05) is 0 Å². The summed E-state index contributed by atoms with van der Waals surface area (Å²) in [6, 6.07) is 3.81. The predicted octanol–water partition coefficient (Wildman–Crippen LogP) is 2.25. The van der Waals surface area contributed by atoms with Crippen LogP contribution in [0.1, 0.15) is 6.42 Å². The van der Waals surface area contributed by atoms with Crippen LogP contribution in [0.15, 0.2) is 18.2 Å². The maximum atomic E-state index is 12.9. The molecule has 1 heterocycles. The molecule has 1 aromatic rings. The number of anilines is 2. The molecule has 0 saturated carbocycles. The van der Waals surface area contributed by atoms with E-state index in [1.807, 2.05) is 0 Å². The highest BCUT2D eigenvalue weighted by Gasteiger charge is 2.38. The van der Waals surface area contributed by atoms with Gasteiger partial charge in [0.1, 0.15) is 5.82 Å². The third kappa shape index (κ3) is 2.00. The Bertz CT molecular complexity index is 379. The predicted molar refractivity (Wildman–Crippen MR) is 52.6 cm³/mol. The molecule has 1 fully saturated rings.